The fraction of sp³-hybridized carbons (Fsp3) is 0.296. The second kappa shape index (κ2) is 7.68. The van der Waals surface area contributed by atoms with Crippen LogP contribution in [-0.4, -0.2) is 14.7 Å². The number of aromatic nitrogens is 2. The van der Waals surface area contributed by atoms with Crippen LogP contribution in [0.3, 0.4) is 0 Å². The number of fused-ring (bicyclic) bond motifs is 3. The molecule has 164 valence electrons. The summed E-state index contributed by atoms with van der Waals surface area (Å²) >= 11 is 0. The Morgan fingerprint density at radius 3 is 2.62 bits per heavy atom. The van der Waals surface area contributed by atoms with Crippen molar-refractivity contribution in [2.24, 2.45) is 7.05 Å². The van der Waals surface area contributed by atoms with Crippen LogP contribution in [0.2, 0.25) is 0 Å². The molecule has 0 saturated heterocycles. The van der Waals surface area contributed by atoms with Crippen molar-refractivity contribution < 1.29 is 4.74 Å². The summed E-state index contributed by atoms with van der Waals surface area (Å²) in [7, 11) is 2.13. The molecule has 1 N–H and O–H groups in total. The Balaban J connectivity index is 1.47. The molecule has 0 radical (unpaired) electrons. The molecule has 2 aromatic carbocycles. The molecular weight excluding hydrogens is 398 g/mol. The molecule has 5 rings (SSSR count). The molecule has 0 aliphatic carbocycles. The van der Waals surface area contributed by atoms with Gasteiger partial charge >= 0.3 is 0 Å². The lowest BCUT2D eigenvalue weighted by molar-refractivity contribution is 0.305. The molecule has 1 aliphatic heterocycles. The van der Waals surface area contributed by atoms with Crippen molar-refractivity contribution in [3.8, 4) is 11.4 Å². The highest BCUT2D eigenvalue weighted by atomic mass is 16.5. The molecule has 0 spiro atoms. The minimum absolute atomic E-state index is 0.0594. The van der Waals surface area contributed by atoms with E-state index >= 15 is 0 Å². The molecule has 0 fully saturated rings. The van der Waals surface area contributed by atoms with Crippen LogP contribution >= 0.6 is 0 Å². The van der Waals surface area contributed by atoms with Gasteiger partial charge in [0.25, 0.3) is 5.56 Å². The number of hydrogen-bond acceptors (Lipinski definition) is 3. The second-order valence-electron chi connectivity index (χ2n) is 9.39. The summed E-state index contributed by atoms with van der Waals surface area (Å²) in [6.45, 7) is 7.16. The number of nitrogens with zero attached hydrogens (tertiary/aromatic N) is 2. The summed E-state index contributed by atoms with van der Waals surface area (Å²) in [5.74, 6) is 0.577. The largest absolute Gasteiger partial charge is 0.489 e. The van der Waals surface area contributed by atoms with Gasteiger partial charge in [-0.1, -0.05) is 36.4 Å². The van der Waals surface area contributed by atoms with Gasteiger partial charge in [0.2, 0.25) is 0 Å². The number of ether oxygens (including phenoxy) is 1. The molecule has 0 bridgehead atoms. The van der Waals surface area contributed by atoms with Gasteiger partial charge in [-0.2, -0.15) is 0 Å². The smallest absolute Gasteiger partial charge is 0.258 e. The standard InChI is InChI=1S/C27H29N3O2/c1-18-26-22-11-10-20(14-23(22)29(4)24(26)16-27(2,3)28-18)30-13-12-21(15-25(30)31)32-17-19-8-6-5-7-9-19/h5-15,18,28H,16-17H2,1-4H3. The van der Waals surface area contributed by atoms with E-state index in [9.17, 15) is 4.79 Å². The van der Waals surface area contributed by atoms with Gasteiger partial charge in [-0.05, 0) is 50.1 Å². The van der Waals surface area contributed by atoms with Crippen LogP contribution in [0, 0.1) is 0 Å². The quantitative estimate of drug-likeness (QED) is 0.504. The first kappa shape index (κ1) is 20.6. The van der Waals surface area contributed by atoms with E-state index in [1.165, 1.54) is 16.6 Å². The summed E-state index contributed by atoms with van der Waals surface area (Å²) < 4.78 is 9.78. The Morgan fingerprint density at radius 1 is 1.09 bits per heavy atom. The molecule has 0 amide bonds. The van der Waals surface area contributed by atoms with Crippen LogP contribution < -0.4 is 15.6 Å². The van der Waals surface area contributed by atoms with Crippen molar-refractivity contribution in [3.63, 3.8) is 0 Å². The normalized spacial score (nSPS) is 17.3. The number of hydrogen-bond donors (Lipinski definition) is 1. The second-order valence-corrected chi connectivity index (χ2v) is 9.39. The monoisotopic (exact) mass is 427 g/mol. The first-order valence-corrected chi connectivity index (χ1v) is 11.1. The number of rotatable bonds is 4. The van der Waals surface area contributed by atoms with Crippen molar-refractivity contribution >= 4 is 10.9 Å². The topological polar surface area (TPSA) is 48.2 Å². The number of nitrogens with one attached hydrogen (secondary N) is 1. The molecule has 4 aromatic rings. The number of aryl methyl sites for hydroxylation is 1. The van der Waals surface area contributed by atoms with Gasteiger partial charge in [0, 0.05) is 48.4 Å². The molecule has 0 saturated carbocycles. The highest BCUT2D eigenvalue weighted by Crippen LogP contribution is 2.37. The highest BCUT2D eigenvalue weighted by Gasteiger charge is 2.33. The van der Waals surface area contributed by atoms with Gasteiger partial charge in [0.05, 0.1) is 11.2 Å². The van der Waals surface area contributed by atoms with Gasteiger partial charge in [-0.15, -0.1) is 0 Å². The Hall–Kier alpha value is -3.31. The van der Waals surface area contributed by atoms with E-state index in [1.54, 1.807) is 16.8 Å². The average Bonchev–Trinajstić information content (AvgIpc) is 3.03. The predicted octanol–water partition coefficient (Wildman–Crippen LogP) is 4.89. The van der Waals surface area contributed by atoms with Crippen molar-refractivity contribution in [2.45, 2.75) is 45.4 Å². The van der Waals surface area contributed by atoms with Gasteiger partial charge in [-0.3, -0.25) is 9.36 Å². The summed E-state index contributed by atoms with van der Waals surface area (Å²) in [5, 5.41) is 4.97. The van der Waals surface area contributed by atoms with E-state index in [1.807, 2.05) is 42.5 Å². The molecule has 5 heteroatoms. The molecule has 3 heterocycles. The third-order valence-corrected chi connectivity index (χ3v) is 6.42. The summed E-state index contributed by atoms with van der Waals surface area (Å²) in [6, 6.07) is 19.9. The van der Waals surface area contributed by atoms with E-state index in [0.717, 1.165) is 23.2 Å². The van der Waals surface area contributed by atoms with Gasteiger partial charge < -0.3 is 14.6 Å². The van der Waals surface area contributed by atoms with Gasteiger partial charge in [-0.25, -0.2) is 0 Å². The fourth-order valence-electron chi connectivity index (χ4n) is 4.99. The lowest BCUT2D eigenvalue weighted by Gasteiger charge is -2.36. The Morgan fingerprint density at radius 2 is 1.88 bits per heavy atom. The lowest BCUT2D eigenvalue weighted by Crippen LogP contribution is -2.46. The highest BCUT2D eigenvalue weighted by molar-refractivity contribution is 5.88. The molecular formula is C27H29N3O2. The van der Waals surface area contributed by atoms with E-state index < -0.39 is 0 Å². The van der Waals surface area contributed by atoms with Crippen LogP contribution in [0.25, 0.3) is 16.6 Å². The number of pyridine rings is 1. The van der Waals surface area contributed by atoms with Crippen molar-refractivity contribution in [2.75, 3.05) is 0 Å². The van der Waals surface area contributed by atoms with Crippen LogP contribution in [0.15, 0.2) is 71.7 Å². The zero-order chi connectivity index (χ0) is 22.5. The maximum atomic E-state index is 12.9. The third kappa shape index (κ3) is 3.63. The minimum atomic E-state index is -0.106. The predicted molar refractivity (Wildman–Crippen MR) is 129 cm³/mol. The zero-order valence-electron chi connectivity index (χ0n) is 19.1. The minimum Gasteiger partial charge on any atom is -0.489 e. The molecule has 32 heavy (non-hydrogen) atoms. The Kier molecular flexibility index (Phi) is 4.94. The van der Waals surface area contributed by atoms with Crippen LogP contribution in [0.1, 0.15) is 43.6 Å². The average molecular weight is 428 g/mol. The first-order chi connectivity index (χ1) is 15.3. The van der Waals surface area contributed by atoms with Crippen LogP contribution in [0.5, 0.6) is 5.75 Å². The maximum absolute atomic E-state index is 12.9. The van der Waals surface area contributed by atoms with Crippen LogP contribution in [-0.2, 0) is 20.1 Å². The van der Waals surface area contributed by atoms with E-state index in [-0.39, 0.29) is 17.1 Å². The fourth-order valence-corrected chi connectivity index (χ4v) is 4.99. The first-order valence-electron chi connectivity index (χ1n) is 11.1. The summed E-state index contributed by atoms with van der Waals surface area (Å²) in [5.41, 5.74) is 5.76. The Labute approximate surface area is 188 Å². The van der Waals surface area contributed by atoms with Crippen molar-refractivity contribution in [3.05, 3.63) is 94.0 Å². The zero-order valence-corrected chi connectivity index (χ0v) is 19.1. The lowest BCUT2D eigenvalue weighted by atomic mass is 9.87. The molecule has 5 nitrogen and oxygen atoms in total. The summed E-state index contributed by atoms with van der Waals surface area (Å²) in [4.78, 5) is 12.9. The van der Waals surface area contributed by atoms with Gasteiger partial charge in [0.15, 0.2) is 0 Å². The third-order valence-electron chi connectivity index (χ3n) is 6.42. The van der Waals surface area contributed by atoms with E-state index in [2.05, 4.69) is 49.8 Å². The van der Waals surface area contributed by atoms with E-state index in [0.29, 0.717) is 12.4 Å². The van der Waals surface area contributed by atoms with Crippen molar-refractivity contribution in [1.82, 2.24) is 14.5 Å². The van der Waals surface area contributed by atoms with Gasteiger partial charge in [0.1, 0.15) is 12.4 Å². The maximum Gasteiger partial charge on any atom is 0.258 e. The summed E-state index contributed by atoms with van der Waals surface area (Å²) in [6.07, 6.45) is 2.76. The molecule has 1 aliphatic rings. The molecule has 1 unspecified atom stereocenters. The van der Waals surface area contributed by atoms with E-state index in [4.69, 9.17) is 4.74 Å². The molecule has 2 aromatic heterocycles. The number of benzene rings is 2. The SMILES string of the molecule is CC1NC(C)(C)Cc2c1c1ccc(-n3ccc(OCc4ccccc4)cc3=O)cc1n2C. The van der Waals surface area contributed by atoms with Crippen molar-refractivity contribution in [1.29, 1.82) is 0 Å². The molecule has 1 atom stereocenters. The van der Waals surface area contributed by atoms with Crippen LogP contribution in [0.4, 0.5) is 0 Å². The Bertz CT molecular complexity index is 1350.